The standard InChI is InChI=1S/C9H13N3O5S/c1-18(16,17)4-8(13)12-7(9(14)15)2-6-3-10-5-11-6/h3,5,7H,2,4H2,1H3,(H,10,11)(H,12,13)(H,14,15)/t7-/m1/s1. The number of aromatic nitrogens is 2. The lowest BCUT2D eigenvalue weighted by molar-refractivity contribution is -0.141. The van der Waals surface area contributed by atoms with Gasteiger partial charge in [-0.25, -0.2) is 18.2 Å². The van der Waals surface area contributed by atoms with Crippen LogP contribution < -0.4 is 5.32 Å². The number of sulfone groups is 1. The normalized spacial score (nSPS) is 12.9. The highest BCUT2D eigenvalue weighted by molar-refractivity contribution is 7.91. The van der Waals surface area contributed by atoms with Crippen molar-refractivity contribution >= 4 is 21.7 Å². The molecule has 1 aromatic rings. The minimum absolute atomic E-state index is 0.00480. The Balaban J connectivity index is 2.64. The highest BCUT2D eigenvalue weighted by Crippen LogP contribution is 1.99. The number of imidazole rings is 1. The third kappa shape index (κ3) is 4.95. The number of aliphatic carboxylic acids is 1. The molecule has 18 heavy (non-hydrogen) atoms. The van der Waals surface area contributed by atoms with E-state index in [1.165, 1.54) is 12.5 Å². The van der Waals surface area contributed by atoms with Gasteiger partial charge in [-0.2, -0.15) is 0 Å². The van der Waals surface area contributed by atoms with Gasteiger partial charge in [0.15, 0.2) is 9.84 Å². The second-order valence-electron chi connectivity index (χ2n) is 3.81. The van der Waals surface area contributed by atoms with Gasteiger partial charge >= 0.3 is 5.97 Å². The molecule has 0 aliphatic carbocycles. The van der Waals surface area contributed by atoms with Gasteiger partial charge in [0.05, 0.1) is 6.33 Å². The number of carbonyl (C=O) groups is 2. The van der Waals surface area contributed by atoms with Crippen LogP contribution in [0.4, 0.5) is 0 Å². The van der Waals surface area contributed by atoms with Crippen molar-refractivity contribution in [3.8, 4) is 0 Å². The van der Waals surface area contributed by atoms with E-state index in [-0.39, 0.29) is 6.42 Å². The highest BCUT2D eigenvalue weighted by Gasteiger charge is 2.22. The number of H-pyrrole nitrogens is 1. The molecule has 100 valence electrons. The van der Waals surface area contributed by atoms with Crippen LogP contribution >= 0.6 is 0 Å². The van der Waals surface area contributed by atoms with E-state index in [0.29, 0.717) is 5.69 Å². The van der Waals surface area contributed by atoms with Gasteiger partial charge in [-0.05, 0) is 0 Å². The largest absolute Gasteiger partial charge is 0.480 e. The second kappa shape index (κ2) is 5.63. The van der Waals surface area contributed by atoms with Crippen LogP contribution in [0.2, 0.25) is 0 Å². The number of carbonyl (C=O) groups excluding carboxylic acids is 1. The van der Waals surface area contributed by atoms with Crippen molar-refractivity contribution in [3.63, 3.8) is 0 Å². The van der Waals surface area contributed by atoms with Gasteiger partial charge in [0, 0.05) is 24.6 Å². The Labute approximate surface area is 103 Å². The van der Waals surface area contributed by atoms with E-state index in [1.807, 2.05) is 0 Å². The number of carboxylic acids is 1. The number of hydrogen-bond donors (Lipinski definition) is 3. The molecule has 1 atom stereocenters. The third-order valence-electron chi connectivity index (χ3n) is 2.01. The Kier molecular flexibility index (Phi) is 4.43. The number of hydrogen-bond acceptors (Lipinski definition) is 5. The lowest BCUT2D eigenvalue weighted by atomic mass is 10.1. The van der Waals surface area contributed by atoms with Crippen molar-refractivity contribution in [1.29, 1.82) is 0 Å². The van der Waals surface area contributed by atoms with Gasteiger partial charge in [0.1, 0.15) is 11.8 Å². The van der Waals surface area contributed by atoms with Crippen LogP contribution in [-0.2, 0) is 25.8 Å². The van der Waals surface area contributed by atoms with Gasteiger partial charge in [-0.15, -0.1) is 0 Å². The molecule has 0 saturated carbocycles. The van der Waals surface area contributed by atoms with Gasteiger partial charge < -0.3 is 15.4 Å². The first-order valence-electron chi connectivity index (χ1n) is 4.95. The summed E-state index contributed by atoms with van der Waals surface area (Å²) in [6.45, 7) is 0. The maximum absolute atomic E-state index is 11.3. The van der Waals surface area contributed by atoms with E-state index in [0.717, 1.165) is 6.26 Å². The summed E-state index contributed by atoms with van der Waals surface area (Å²) in [5.74, 6) is -2.82. The van der Waals surface area contributed by atoms with E-state index in [9.17, 15) is 18.0 Å². The summed E-state index contributed by atoms with van der Waals surface area (Å²) in [7, 11) is -3.48. The number of nitrogens with zero attached hydrogens (tertiary/aromatic N) is 1. The molecular weight excluding hydrogens is 262 g/mol. The lowest BCUT2D eigenvalue weighted by Crippen LogP contribution is -2.44. The Morgan fingerprint density at radius 3 is 2.67 bits per heavy atom. The SMILES string of the molecule is CS(=O)(=O)CC(=O)N[C@H](Cc1cnc[nH]1)C(=O)O. The Bertz CT molecular complexity index is 522. The molecule has 0 bridgehead atoms. The average Bonchev–Trinajstić information content (AvgIpc) is 2.66. The summed E-state index contributed by atoms with van der Waals surface area (Å²) in [4.78, 5) is 28.7. The van der Waals surface area contributed by atoms with Crippen molar-refractivity contribution in [1.82, 2.24) is 15.3 Å². The van der Waals surface area contributed by atoms with Crippen LogP contribution in [0.15, 0.2) is 12.5 Å². The fourth-order valence-electron chi connectivity index (χ4n) is 1.29. The maximum atomic E-state index is 11.3. The number of amides is 1. The molecule has 0 fully saturated rings. The Morgan fingerprint density at radius 2 is 2.22 bits per heavy atom. The van der Waals surface area contributed by atoms with Crippen molar-refractivity contribution < 1.29 is 23.1 Å². The lowest BCUT2D eigenvalue weighted by Gasteiger charge is -2.13. The Hall–Kier alpha value is -1.90. The molecule has 9 heteroatoms. The van der Waals surface area contributed by atoms with Gasteiger partial charge in [-0.3, -0.25) is 4.79 Å². The number of aromatic amines is 1. The molecule has 0 unspecified atom stereocenters. The molecule has 0 spiro atoms. The minimum atomic E-state index is -3.48. The molecule has 0 aromatic carbocycles. The second-order valence-corrected chi connectivity index (χ2v) is 5.95. The molecule has 0 radical (unpaired) electrons. The van der Waals surface area contributed by atoms with Crippen LogP contribution in [-0.4, -0.2) is 53.4 Å². The van der Waals surface area contributed by atoms with E-state index in [1.54, 1.807) is 0 Å². The predicted octanol–water partition coefficient (Wildman–Crippen LogP) is -1.43. The zero-order valence-corrected chi connectivity index (χ0v) is 10.4. The van der Waals surface area contributed by atoms with E-state index in [2.05, 4.69) is 15.3 Å². The zero-order chi connectivity index (χ0) is 13.8. The monoisotopic (exact) mass is 275 g/mol. The summed E-state index contributed by atoms with van der Waals surface area (Å²) >= 11 is 0. The summed E-state index contributed by atoms with van der Waals surface area (Å²) in [5.41, 5.74) is 0.530. The summed E-state index contributed by atoms with van der Waals surface area (Å²) in [5, 5.41) is 11.1. The van der Waals surface area contributed by atoms with E-state index in [4.69, 9.17) is 5.11 Å². The van der Waals surface area contributed by atoms with Crippen LogP contribution in [0.5, 0.6) is 0 Å². The Morgan fingerprint density at radius 1 is 1.56 bits per heavy atom. The molecular formula is C9H13N3O5S. The summed E-state index contributed by atoms with van der Waals surface area (Å²) in [6, 6.07) is -1.19. The molecule has 8 nitrogen and oxygen atoms in total. The van der Waals surface area contributed by atoms with Crippen molar-refractivity contribution in [2.24, 2.45) is 0 Å². The third-order valence-corrected chi connectivity index (χ3v) is 2.79. The summed E-state index contributed by atoms with van der Waals surface area (Å²) < 4.78 is 21.8. The molecule has 0 aliphatic heterocycles. The van der Waals surface area contributed by atoms with Crippen LogP contribution in [0, 0.1) is 0 Å². The first-order chi connectivity index (χ1) is 8.28. The van der Waals surface area contributed by atoms with Gasteiger partial charge in [0.2, 0.25) is 5.91 Å². The fourth-order valence-corrected chi connectivity index (χ4v) is 1.85. The van der Waals surface area contributed by atoms with Crippen LogP contribution in [0.25, 0.3) is 0 Å². The fraction of sp³-hybridized carbons (Fsp3) is 0.444. The molecule has 1 rings (SSSR count). The molecule has 1 amide bonds. The van der Waals surface area contributed by atoms with E-state index >= 15 is 0 Å². The summed E-state index contributed by atoms with van der Waals surface area (Å²) in [6.07, 6.45) is 3.72. The topological polar surface area (TPSA) is 129 Å². The predicted molar refractivity (Wildman–Crippen MR) is 61.6 cm³/mol. The molecule has 0 aliphatic rings. The van der Waals surface area contributed by atoms with Crippen molar-refractivity contribution in [2.45, 2.75) is 12.5 Å². The van der Waals surface area contributed by atoms with Crippen LogP contribution in [0.1, 0.15) is 5.69 Å². The van der Waals surface area contributed by atoms with Crippen molar-refractivity contribution in [2.75, 3.05) is 12.0 Å². The minimum Gasteiger partial charge on any atom is -0.480 e. The van der Waals surface area contributed by atoms with Crippen molar-refractivity contribution in [3.05, 3.63) is 18.2 Å². The molecule has 3 N–H and O–H groups in total. The van der Waals surface area contributed by atoms with Crippen LogP contribution in [0.3, 0.4) is 0 Å². The smallest absolute Gasteiger partial charge is 0.326 e. The number of carboxylic acid groups (broad SMARTS) is 1. The average molecular weight is 275 g/mol. The zero-order valence-electron chi connectivity index (χ0n) is 9.58. The first kappa shape index (κ1) is 14.2. The highest BCUT2D eigenvalue weighted by atomic mass is 32.2. The van der Waals surface area contributed by atoms with Gasteiger partial charge in [-0.1, -0.05) is 0 Å². The maximum Gasteiger partial charge on any atom is 0.326 e. The quantitative estimate of drug-likeness (QED) is 0.583. The number of rotatable bonds is 6. The molecule has 1 aromatic heterocycles. The first-order valence-corrected chi connectivity index (χ1v) is 7.01. The van der Waals surface area contributed by atoms with E-state index < -0.39 is 33.5 Å². The molecule has 1 heterocycles. The van der Waals surface area contributed by atoms with Gasteiger partial charge in [0.25, 0.3) is 0 Å². The molecule has 0 saturated heterocycles. The number of nitrogens with one attached hydrogen (secondary N) is 2.